The first-order valence-electron chi connectivity index (χ1n) is 8.36. The standard InChI is InChI=1S/C18H30N4/c1-19-18(21-16-11-7-8-12-16)20-14-17(22(2)3)13-15-9-5-4-6-10-15/h4-6,9-10,16-17H,7-8,11-14H2,1-3H3,(H2,19,20,21). The van der Waals surface area contributed by atoms with Crippen molar-refractivity contribution < 1.29 is 0 Å². The Morgan fingerprint density at radius 3 is 2.50 bits per heavy atom. The van der Waals surface area contributed by atoms with Gasteiger partial charge in [0.05, 0.1) is 0 Å². The van der Waals surface area contributed by atoms with Gasteiger partial charge in [-0.15, -0.1) is 0 Å². The summed E-state index contributed by atoms with van der Waals surface area (Å²) in [6.07, 6.45) is 6.25. The molecule has 1 atom stereocenters. The van der Waals surface area contributed by atoms with Crippen molar-refractivity contribution in [3.63, 3.8) is 0 Å². The molecule has 0 aliphatic heterocycles. The average molecular weight is 302 g/mol. The predicted octanol–water partition coefficient (Wildman–Crippen LogP) is 2.27. The number of nitrogens with zero attached hydrogens (tertiary/aromatic N) is 2. The molecule has 4 heteroatoms. The van der Waals surface area contributed by atoms with Crippen molar-refractivity contribution in [3.05, 3.63) is 35.9 Å². The normalized spacial score (nSPS) is 17.7. The molecule has 2 N–H and O–H groups in total. The van der Waals surface area contributed by atoms with E-state index in [4.69, 9.17) is 0 Å². The van der Waals surface area contributed by atoms with E-state index in [-0.39, 0.29) is 0 Å². The smallest absolute Gasteiger partial charge is 0.191 e. The summed E-state index contributed by atoms with van der Waals surface area (Å²) in [5.41, 5.74) is 1.38. The molecule has 1 aromatic carbocycles. The van der Waals surface area contributed by atoms with Crippen LogP contribution in [-0.4, -0.2) is 50.6 Å². The Kier molecular flexibility index (Phi) is 6.72. The van der Waals surface area contributed by atoms with Crippen molar-refractivity contribution in [2.24, 2.45) is 4.99 Å². The lowest BCUT2D eigenvalue weighted by molar-refractivity contribution is 0.290. The Labute approximate surface area is 135 Å². The van der Waals surface area contributed by atoms with Crippen LogP contribution in [0, 0.1) is 0 Å². The maximum atomic E-state index is 4.37. The highest BCUT2D eigenvalue weighted by atomic mass is 15.2. The Morgan fingerprint density at radius 2 is 1.91 bits per heavy atom. The number of nitrogens with one attached hydrogen (secondary N) is 2. The van der Waals surface area contributed by atoms with Gasteiger partial charge in [0.2, 0.25) is 0 Å². The first-order chi connectivity index (χ1) is 10.7. The summed E-state index contributed by atoms with van der Waals surface area (Å²) in [7, 11) is 6.14. The van der Waals surface area contributed by atoms with Crippen molar-refractivity contribution in [1.82, 2.24) is 15.5 Å². The number of hydrogen-bond donors (Lipinski definition) is 2. The van der Waals surface area contributed by atoms with Crippen LogP contribution in [0.15, 0.2) is 35.3 Å². The zero-order valence-electron chi connectivity index (χ0n) is 14.2. The lowest BCUT2D eigenvalue weighted by Gasteiger charge is -2.26. The monoisotopic (exact) mass is 302 g/mol. The van der Waals surface area contributed by atoms with E-state index in [2.05, 4.69) is 65.0 Å². The lowest BCUT2D eigenvalue weighted by atomic mass is 10.1. The third-order valence-electron chi connectivity index (χ3n) is 4.47. The quantitative estimate of drug-likeness (QED) is 0.625. The molecule has 0 aromatic heterocycles. The van der Waals surface area contributed by atoms with Gasteiger partial charge in [-0.2, -0.15) is 0 Å². The van der Waals surface area contributed by atoms with Crippen molar-refractivity contribution in [2.45, 2.75) is 44.2 Å². The second-order valence-corrected chi connectivity index (χ2v) is 6.39. The second kappa shape index (κ2) is 8.79. The van der Waals surface area contributed by atoms with E-state index in [0.717, 1.165) is 18.9 Å². The van der Waals surface area contributed by atoms with Gasteiger partial charge < -0.3 is 15.5 Å². The summed E-state index contributed by atoms with van der Waals surface area (Å²) in [6, 6.07) is 11.7. The minimum absolute atomic E-state index is 0.449. The molecule has 122 valence electrons. The zero-order valence-corrected chi connectivity index (χ0v) is 14.2. The van der Waals surface area contributed by atoms with Gasteiger partial charge in [-0.05, 0) is 38.9 Å². The summed E-state index contributed by atoms with van der Waals surface area (Å²) >= 11 is 0. The molecule has 1 aromatic rings. The Hall–Kier alpha value is -1.55. The third-order valence-corrected chi connectivity index (χ3v) is 4.47. The fraction of sp³-hybridized carbons (Fsp3) is 0.611. The first kappa shape index (κ1) is 16.8. The van der Waals surface area contributed by atoms with E-state index < -0.39 is 0 Å². The maximum absolute atomic E-state index is 4.37. The van der Waals surface area contributed by atoms with Crippen LogP contribution in [0.3, 0.4) is 0 Å². The van der Waals surface area contributed by atoms with Crippen LogP contribution in [0.1, 0.15) is 31.2 Å². The highest BCUT2D eigenvalue weighted by Gasteiger charge is 2.17. The summed E-state index contributed by atoms with van der Waals surface area (Å²) in [5, 5.41) is 7.04. The second-order valence-electron chi connectivity index (χ2n) is 6.39. The van der Waals surface area contributed by atoms with E-state index in [0.29, 0.717) is 12.1 Å². The summed E-state index contributed by atoms with van der Waals surface area (Å²) in [4.78, 5) is 6.65. The van der Waals surface area contributed by atoms with Gasteiger partial charge in [0.25, 0.3) is 0 Å². The van der Waals surface area contributed by atoms with Gasteiger partial charge >= 0.3 is 0 Å². The van der Waals surface area contributed by atoms with Crippen LogP contribution < -0.4 is 10.6 Å². The molecule has 0 saturated heterocycles. The molecule has 0 radical (unpaired) electrons. The zero-order chi connectivity index (χ0) is 15.8. The first-order valence-corrected chi connectivity index (χ1v) is 8.36. The number of aliphatic imine (C=N–C) groups is 1. The molecule has 2 rings (SSSR count). The Balaban J connectivity index is 1.84. The highest BCUT2D eigenvalue weighted by Crippen LogP contribution is 2.17. The number of likely N-dealkylation sites (N-methyl/N-ethyl adjacent to an activating group) is 1. The topological polar surface area (TPSA) is 39.7 Å². The summed E-state index contributed by atoms with van der Waals surface area (Å²) < 4.78 is 0. The van der Waals surface area contributed by atoms with Crippen molar-refractivity contribution >= 4 is 5.96 Å². The van der Waals surface area contributed by atoms with Crippen molar-refractivity contribution in [1.29, 1.82) is 0 Å². The van der Waals surface area contributed by atoms with Gasteiger partial charge in [0.15, 0.2) is 5.96 Å². The minimum atomic E-state index is 0.449. The molecule has 0 spiro atoms. The van der Waals surface area contributed by atoms with Gasteiger partial charge in [0.1, 0.15) is 0 Å². The lowest BCUT2D eigenvalue weighted by Crippen LogP contribution is -2.48. The Bertz CT molecular complexity index is 449. The molecular weight excluding hydrogens is 272 g/mol. The molecule has 0 bridgehead atoms. The van der Waals surface area contributed by atoms with Gasteiger partial charge in [0, 0.05) is 25.7 Å². The van der Waals surface area contributed by atoms with Crippen LogP contribution in [0.2, 0.25) is 0 Å². The van der Waals surface area contributed by atoms with Crippen LogP contribution in [0.5, 0.6) is 0 Å². The molecule has 22 heavy (non-hydrogen) atoms. The van der Waals surface area contributed by atoms with Crippen LogP contribution in [0.4, 0.5) is 0 Å². The molecular formula is C18H30N4. The predicted molar refractivity (Wildman–Crippen MR) is 94.4 cm³/mol. The summed E-state index contributed by atoms with van der Waals surface area (Å²) in [5.74, 6) is 0.937. The third kappa shape index (κ3) is 5.34. The van der Waals surface area contributed by atoms with Gasteiger partial charge in [-0.1, -0.05) is 43.2 Å². The highest BCUT2D eigenvalue weighted by molar-refractivity contribution is 5.80. The molecule has 1 saturated carbocycles. The van der Waals surface area contributed by atoms with Crippen LogP contribution in [0.25, 0.3) is 0 Å². The Morgan fingerprint density at radius 1 is 1.23 bits per heavy atom. The molecule has 0 heterocycles. The average Bonchev–Trinajstić information content (AvgIpc) is 3.03. The van der Waals surface area contributed by atoms with Crippen LogP contribution >= 0.6 is 0 Å². The molecule has 1 aliphatic carbocycles. The largest absolute Gasteiger partial charge is 0.355 e. The number of benzene rings is 1. The molecule has 1 fully saturated rings. The van der Waals surface area contributed by atoms with Gasteiger partial charge in [-0.3, -0.25) is 4.99 Å². The van der Waals surface area contributed by atoms with Crippen LogP contribution in [-0.2, 0) is 6.42 Å². The van der Waals surface area contributed by atoms with E-state index >= 15 is 0 Å². The van der Waals surface area contributed by atoms with Crippen molar-refractivity contribution in [2.75, 3.05) is 27.7 Å². The number of hydrogen-bond acceptors (Lipinski definition) is 2. The molecule has 1 aliphatic rings. The van der Waals surface area contributed by atoms with E-state index in [1.54, 1.807) is 0 Å². The minimum Gasteiger partial charge on any atom is -0.355 e. The van der Waals surface area contributed by atoms with E-state index in [1.807, 2.05) is 7.05 Å². The summed E-state index contributed by atoms with van der Waals surface area (Å²) in [6.45, 7) is 0.897. The van der Waals surface area contributed by atoms with E-state index in [9.17, 15) is 0 Å². The SMILES string of the molecule is CN=C(NCC(Cc1ccccc1)N(C)C)NC1CCCC1. The van der Waals surface area contributed by atoms with Crippen molar-refractivity contribution in [3.8, 4) is 0 Å². The van der Waals surface area contributed by atoms with E-state index in [1.165, 1.54) is 31.2 Å². The molecule has 4 nitrogen and oxygen atoms in total. The molecule has 1 unspecified atom stereocenters. The number of guanidine groups is 1. The fourth-order valence-corrected chi connectivity index (χ4v) is 3.00. The van der Waals surface area contributed by atoms with Gasteiger partial charge in [-0.25, -0.2) is 0 Å². The number of rotatable bonds is 6. The maximum Gasteiger partial charge on any atom is 0.191 e. The molecule has 0 amide bonds. The fourth-order valence-electron chi connectivity index (χ4n) is 3.00.